The molecule has 0 saturated heterocycles. The molecule has 1 aromatic heterocycles. The molecule has 0 fully saturated rings. The van der Waals surface area contributed by atoms with Crippen LogP contribution in [0.15, 0.2) is 16.5 Å². The monoisotopic (exact) mass is 274 g/mol. The average molecular weight is 274 g/mol. The molecule has 0 aromatic carbocycles. The minimum atomic E-state index is -4.59. The fourth-order valence-corrected chi connectivity index (χ4v) is 3.01. The van der Waals surface area contributed by atoms with Gasteiger partial charge in [-0.15, -0.1) is 0 Å². The van der Waals surface area contributed by atoms with Crippen molar-refractivity contribution in [2.75, 3.05) is 0 Å². The Morgan fingerprint density at radius 3 is 2.56 bits per heavy atom. The van der Waals surface area contributed by atoms with Crippen LogP contribution in [0.25, 0.3) is 0 Å². The van der Waals surface area contributed by atoms with Gasteiger partial charge in [-0.2, -0.15) is 22.3 Å². The molecule has 1 N–H and O–H groups in total. The summed E-state index contributed by atoms with van der Waals surface area (Å²) in [4.78, 5) is 0. The molecule has 0 radical (unpaired) electrons. The van der Waals surface area contributed by atoms with E-state index in [1.807, 2.05) is 0 Å². The molecule has 0 spiro atoms. The van der Waals surface area contributed by atoms with E-state index in [4.69, 9.17) is 0 Å². The number of hydrogen-bond donors (Lipinski definition) is 1. The minimum absolute atomic E-state index is 0.227. The van der Waals surface area contributed by atoms with E-state index in [-0.39, 0.29) is 10.6 Å². The third-order valence-electron chi connectivity index (χ3n) is 1.78. The van der Waals surface area contributed by atoms with Crippen LogP contribution in [0.5, 0.6) is 0 Å². The van der Waals surface area contributed by atoms with Crippen LogP contribution in [0.1, 0.15) is 13.3 Å². The Kier molecular flexibility index (Phi) is 3.92. The lowest BCUT2D eigenvalue weighted by molar-refractivity contribution is -0.151. The Balaban J connectivity index is 2.88. The number of nitrogens with zero attached hydrogens (tertiary/aromatic N) is 1. The Hall–Kier alpha value is -0.670. The molecule has 0 unspecified atom stereocenters. The smallest absolute Gasteiger partial charge is 0.206 e. The van der Waals surface area contributed by atoms with E-state index in [2.05, 4.69) is 4.37 Å². The Labute approximate surface area is 94.7 Å². The highest BCUT2D eigenvalue weighted by molar-refractivity contribution is 7.91. The number of nitrogens with one attached hydrogen (secondary N) is 1. The van der Waals surface area contributed by atoms with Crippen LogP contribution in [0, 0.1) is 0 Å². The lowest BCUT2D eigenvalue weighted by Crippen LogP contribution is -2.44. The van der Waals surface area contributed by atoms with E-state index in [0.29, 0.717) is 11.5 Å². The molecular formula is C7H9F3N2O2S2. The molecule has 4 nitrogen and oxygen atoms in total. The number of halogens is 3. The molecule has 1 aromatic rings. The molecule has 0 aliphatic heterocycles. The van der Waals surface area contributed by atoms with Crippen molar-refractivity contribution in [3.8, 4) is 0 Å². The molecule has 0 aliphatic rings. The second-order valence-corrected chi connectivity index (χ2v) is 5.73. The SMILES string of the molecule is CC[C@@H](NS(=O)(=O)c1ccns1)C(F)(F)F. The number of sulfonamides is 1. The normalized spacial score (nSPS) is 15.0. The molecule has 1 heterocycles. The number of aromatic nitrogens is 1. The highest BCUT2D eigenvalue weighted by Crippen LogP contribution is 2.24. The van der Waals surface area contributed by atoms with Crippen molar-refractivity contribution in [3.63, 3.8) is 0 Å². The quantitative estimate of drug-likeness (QED) is 0.910. The second-order valence-electron chi connectivity index (χ2n) is 2.96. The van der Waals surface area contributed by atoms with Gasteiger partial charge in [-0.05, 0) is 24.0 Å². The van der Waals surface area contributed by atoms with Crippen molar-refractivity contribution in [2.45, 2.75) is 29.8 Å². The van der Waals surface area contributed by atoms with E-state index in [1.165, 1.54) is 13.1 Å². The number of rotatable bonds is 4. The van der Waals surface area contributed by atoms with E-state index in [0.717, 1.165) is 6.07 Å². The second kappa shape index (κ2) is 4.68. The van der Waals surface area contributed by atoms with Gasteiger partial charge in [0.15, 0.2) is 4.21 Å². The highest BCUT2D eigenvalue weighted by atomic mass is 32.2. The first-order valence-corrected chi connectivity index (χ1v) is 6.52. The molecule has 1 atom stereocenters. The first-order chi connectivity index (χ1) is 7.27. The molecule has 0 aliphatic carbocycles. The van der Waals surface area contributed by atoms with Crippen molar-refractivity contribution >= 4 is 21.6 Å². The van der Waals surface area contributed by atoms with Gasteiger partial charge in [-0.3, -0.25) is 0 Å². The summed E-state index contributed by atoms with van der Waals surface area (Å²) in [6.07, 6.45) is -3.73. The summed E-state index contributed by atoms with van der Waals surface area (Å²) in [6.45, 7) is 1.26. The van der Waals surface area contributed by atoms with Gasteiger partial charge in [0.25, 0.3) is 10.0 Å². The summed E-state index contributed by atoms with van der Waals surface area (Å²) in [6, 6.07) is -0.921. The molecule has 1 rings (SSSR count). The van der Waals surface area contributed by atoms with Crippen molar-refractivity contribution in [1.29, 1.82) is 0 Å². The minimum Gasteiger partial charge on any atom is -0.206 e. The molecule has 0 saturated carbocycles. The van der Waals surface area contributed by atoms with Crippen LogP contribution in [-0.2, 0) is 10.0 Å². The predicted octanol–water partition coefficient (Wildman–Crippen LogP) is 1.76. The van der Waals surface area contributed by atoms with E-state index >= 15 is 0 Å². The van der Waals surface area contributed by atoms with Crippen molar-refractivity contribution < 1.29 is 21.6 Å². The maximum atomic E-state index is 12.4. The van der Waals surface area contributed by atoms with Gasteiger partial charge >= 0.3 is 6.18 Å². The lowest BCUT2D eigenvalue weighted by Gasteiger charge is -2.19. The highest BCUT2D eigenvalue weighted by Gasteiger charge is 2.41. The summed E-state index contributed by atoms with van der Waals surface area (Å²) in [7, 11) is -4.13. The predicted molar refractivity (Wildman–Crippen MR) is 52.6 cm³/mol. The summed E-state index contributed by atoms with van der Waals surface area (Å²) in [5.41, 5.74) is 0. The molecule has 0 amide bonds. The van der Waals surface area contributed by atoms with Gasteiger partial charge < -0.3 is 0 Å². The van der Waals surface area contributed by atoms with Crippen molar-refractivity contribution in [3.05, 3.63) is 12.3 Å². The summed E-state index contributed by atoms with van der Waals surface area (Å²) in [5.74, 6) is 0. The Morgan fingerprint density at radius 1 is 1.56 bits per heavy atom. The number of hydrogen-bond acceptors (Lipinski definition) is 4. The fraction of sp³-hybridized carbons (Fsp3) is 0.571. The van der Waals surface area contributed by atoms with Crippen LogP contribution >= 0.6 is 11.5 Å². The van der Waals surface area contributed by atoms with Crippen LogP contribution in [0.4, 0.5) is 13.2 Å². The van der Waals surface area contributed by atoms with Gasteiger partial charge in [-0.1, -0.05) is 6.92 Å². The molecular weight excluding hydrogens is 265 g/mol. The topological polar surface area (TPSA) is 59.1 Å². The zero-order chi connectivity index (χ0) is 12.4. The van der Waals surface area contributed by atoms with Crippen LogP contribution < -0.4 is 4.72 Å². The van der Waals surface area contributed by atoms with E-state index < -0.39 is 22.2 Å². The van der Waals surface area contributed by atoms with Gasteiger partial charge in [-0.25, -0.2) is 8.42 Å². The molecule has 0 bridgehead atoms. The maximum Gasteiger partial charge on any atom is 0.404 e. The van der Waals surface area contributed by atoms with E-state index in [1.54, 1.807) is 4.72 Å². The van der Waals surface area contributed by atoms with Crippen LogP contribution in [0.3, 0.4) is 0 Å². The first-order valence-electron chi connectivity index (χ1n) is 4.27. The van der Waals surface area contributed by atoms with Crippen LogP contribution in [0.2, 0.25) is 0 Å². The fourth-order valence-electron chi connectivity index (χ4n) is 0.970. The maximum absolute atomic E-state index is 12.4. The third-order valence-corrected chi connectivity index (χ3v) is 4.47. The largest absolute Gasteiger partial charge is 0.404 e. The Bertz CT molecular complexity index is 427. The van der Waals surface area contributed by atoms with Crippen LogP contribution in [-0.4, -0.2) is 25.0 Å². The molecule has 9 heteroatoms. The lowest BCUT2D eigenvalue weighted by atomic mass is 10.2. The zero-order valence-electron chi connectivity index (χ0n) is 8.15. The summed E-state index contributed by atoms with van der Waals surface area (Å²) >= 11 is 0.625. The van der Waals surface area contributed by atoms with Gasteiger partial charge in [0, 0.05) is 6.20 Å². The third kappa shape index (κ3) is 3.16. The number of alkyl halides is 3. The van der Waals surface area contributed by atoms with Crippen molar-refractivity contribution in [1.82, 2.24) is 9.10 Å². The van der Waals surface area contributed by atoms with Crippen molar-refractivity contribution in [2.24, 2.45) is 0 Å². The van der Waals surface area contributed by atoms with Gasteiger partial charge in [0.2, 0.25) is 0 Å². The average Bonchev–Trinajstić information content (AvgIpc) is 2.65. The van der Waals surface area contributed by atoms with Gasteiger partial charge in [0.1, 0.15) is 6.04 Å². The first kappa shape index (κ1) is 13.4. The molecule has 92 valence electrons. The summed E-state index contributed by atoms with van der Waals surface area (Å²) < 4.78 is 64.9. The Morgan fingerprint density at radius 2 is 2.19 bits per heavy atom. The van der Waals surface area contributed by atoms with Gasteiger partial charge in [0.05, 0.1) is 0 Å². The standard InChI is InChI=1S/C7H9F3N2O2S2/c1-2-5(7(8,9)10)12-16(13,14)6-3-4-11-15-6/h3-5,12H,2H2,1H3/t5-/m1/s1. The molecule has 16 heavy (non-hydrogen) atoms. The summed E-state index contributed by atoms with van der Waals surface area (Å²) in [5, 5.41) is 0. The zero-order valence-corrected chi connectivity index (χ0v) is 9.79. The van der Waals surface area contributed by atoms with E-state index in [9.17, 15) is 21.6 Å².